The number of urea groups is 1. The van der Waals surface area contributed by atoms with Crippen LogP contribution in [0.25, 0.3) is 0 Å². The molecule has 0 aliphatic carbocycles. The topological polar surface area (TPSA) is 58.6 Å². The third-order valence-corrected chi connectivity index (χ3v) is 4.29. The number of amides is 3. The highest BCUT2D eigenvalue weighted by atomic mass is 16.5. The van der Waals surface area contributed by atoms with Crippen LogP contribution < -0.4 is 10.1 Å². The Morgan fingerprint density at radius 1 is 1.25 bits per heavy atom. The van der Waals surface area contributed by atoms with E-state index in [1.165, 1.54) is 4.90 Å². The van der Waals surface area contributed by atoms with E-state index in [1.54, 1.807) is 6.92 Å². The van der Waals surface area contributed by atoms with Gasteiger partial charge in [0.25, 0.3) is 5.91 Å². The maximum atomic E-state index is 12.5. The van der Waals surface area contributed by atoms with Crippen LogP contribution in [0.4, 0.5) is 4.79 Å². The number of hydrogen-bond donors (Lipinski definition) is 1. The van der Waals surface area contributed by atoms with Crippen LogP contribution in [-0.4, -0.2) is 35.5 Å². The summed E-state index contributed by atoms with van der Waals surface area (Å²) in [5.74, 6) is 1.07. The molecule has 0 saturated carbocycles. The molecule has 132 valence electrons. The minimum absolute atomic E-state index is 0.132. The highest BCUT2D eigenvalue weighted by Crippen LogP contribution is 2.25. The molecular formula is C19H28N2O3. The molecule has 0 radical (unpaired) electrons. The van der Waals surface area contributed by atoms with Crippen molar-refractivity contribution >= 4 is 11.9 Å². The van der Waals surface area contributed by atoms with Crippen LogP contribution in [0.2, 0.25) is 0 Å². The Hall–Kier alpha value is -2.04. The van der Waals surface area contributed by atoms with Crippen molar-refractivity contribution in [1.82, 2.24) is 10.2 Å². The average molecular weight is 332 g/mol. The summed E-state index contributed by atoms with van der Waals surface area (Å²) in [6.07, 6.45) is 1.26. The van der Waals surface area contributed by atoms with Gasteiger partial charge in [0.2, 0.25) is 0 Å². The van der Waals surface area contributed by atoms with Crippen LogP contribution >= 0.6 is 0 Å². The smallest absolute Gasteiger partial charge is 0.325 e. The van der Waals surface area contributed by atoms with Gasteiger partial charge in [-0.05, 0) is 56.7 Å². The van der Waals surface area contributed by atoms with Crippen LogP contribution in [-0.2, 0) is 4.79 Å². The Morgan fingerprint density at radius 2 is 1.96 bits per heavy atom. The molecule has 2 rings (SSSR count). The maximum Gasteiger partial charge on any atom is 0.325 e. The number of aryl methyl sites for hydroxylation is 2. The first kappa shape index (κ1) is 18.3. The average Bonchev–Trinajstić information content (AvgIpc) is 2.68. The van der Waals surface area contributed by atoms with Gasteiger partial charge in [-0.25, -0.2) is 4.79 Å². The molecule has 1 aliphatic rings. The lowest BCUT2D eigenvalue weighted by Gasteiger charge is -2.23. The van der Waals surface area contributed by atoms with Gasteiger partial charge in [0.05, 0.1) is 6.61 Å². The first-order chi connectivity index (χ1) is 11.2. The first-order valence-electron chi connectivity index (χ1n) is 8.57. The Balaban J connectivity index is 1.87. The second kappa shape index (κ2) is 7.24. The lowest BCUT2D eigenvalue weighted by molar-refractivity contribution is -0.131. The SMILES string of the molecule is Cc1ccc(C)c(OCCCN2C(=O)NC(C)(CC(C)C)C2=O)c1. The number of nitrogens with one attached hydrogen (secondary N) is 1. The van der Waals surface area contributed by atoms with Crippen LogP contribution in [0.3, 0.4) is 0 Å². The molecule has 1 aromatic rings. The monoisotopic (exact) mass is 332 g/mol. The molecule has 1 heterocycles. The number of carbonyl (C=O) groups is 2. The van der Waals surface area contributed by atoms with Gasteiger partial charge in [0.15, 0.2) is 0 Å². The van der Waals surface area contributed by atoms with Gasteiger partial charge in [-0.3, -0.25) is 9.69 Å². The quantitative estimate of drug-likeness (QED) is 0.615. The molecule has 1 N–H and O–H groups in total. The zero-order valence-electron chi connectivity index (χ0n) is 15.3. The largest absolute Gasteiger partial charge is 0.493 e. The van der Waals surface area contributed by atoms with E-state index in [0.717, 1.165) is 16.9 Å². The Bertz CT molecular complexity index is 627. The second-order valence-corrected chi connectivity index (χ2v) is 7.29. The minimum atomic E-state index is -0.779. The molecule has 1 saturated heterocycles. The van der Waals surface area contributed by atoms with Gasteiger partial charge >= 0.3 is 6.03 Å². The van der Waals surface area contributed by atoms with Gasteiger partial charge in [0, 0.05) is 6.54 Å². The van der Waals surface area contributed by atoms with E-state index in [0.29, 0.717) is 31.9 Å². The van der Waals surface area contributed by atoms with Crippen molar-refractivity contribution in [1.29, 1.82) is 0 Å². The number of hydrogen-bond acceptors (Lipinski definition) is 3. The summed E-state index contributed by atoms with van der Waals surface area (Å²) in [6.45, 7) is 10.8. The van der Waals surface area contributed by atoms with Crippen LogP contribution in [0, 0.1) is 19.8 Å². The first-order valence-corrected chi connectivity index (χ1v) is 8.57. The van der Waals surface area contributed by atoms with Gasteiger partial charge in [-0.1, -0.05) is 26.0 Å². The molecule has 3 amide bonds. The third-order valence-electron chi connectivity index (χ3n) is 4.29. The standard InChI is InChI=1S/C19H28N2O3/c1-13(2)12-19(5)17(22)21(18(23)20-19)9-6-10-24-16-11-14(3)7-8-15(16)4/h7-8,11,13H,6,9-10,12H2,1-5H3,(H,20,23). The summed E-state index contributed by atoms with van der Waals surface area (Å²) >= 11 is 0. The van der Waals surface area contributed by atoms with Crippen molar-refractivity contribution < 1.29 is 14.3 Å². The van der Waals surface area contributed by atoms with Crippen molar-refractivity contribution in [3.05, 3.63) is 29.3 Å². The van der Waals surface area contributed by atoms with Gasteiger partial charge < -0.3 is 10.1 Å². The van der Waals surface area contributed by atoms with Crippen LogP contribution in [0.1, 0.15) is 44.7 Å². The fraction of sp³-hybridized carbons (Fsp3) is 0.579. The normalized spacial score (nSPS) is 20.7. The van der Waals surface area contributed by atoms with Crippen molar-refractivity contribution in [2.24, 2.45) is 5.92 Å². The van der Waals surface area contributed by atoms with E-state index in [1.807, 2.05) is 45.9 Å². The molecule has 0 aromatic heterocycles. The van der Waals surface area contributed by atoms with Crippen molar-refractivity contribution in [3.8, 4) is 5.75 Å². The second-order valence-electron chi connectivity index (χ2n) is 7.29. The molecule has 1 unspecified atom stereocenters. The van der Waals surface area contributed by atoms with E-state index in [4.69, 9.17) is 4.74 Å². The minimum Gasteiger partial charge on any atom is -0.493 e. The number of rotatable bonds is 7. The Labute approximate surface area is 144 Å². The number of imide groups is 1. The molecule has 0 spiro atoms. The number of ether oxygens (including phenoxy) is 1. The molecule has 1 aliphatic heterocycles. The highest BCUT2D eigenvalue weighted by Gasteiger charge is 2.47. The summed E-state index contributed by atoms with van der Waals surface area (Å²) in [7, 11) is 0. The van der Waals surface area contributed by atoms with Crippen molar-refractivity contribution in [3.63, 3.8) is 0 Å². The predicted molar refractivity (Wildman–Crippen MR) is 94.1 cm³/mol. The summed E-state index contributed by atoms with van der Waals surface area (Å²) < 4.78 is 5.79. The van der Waals surface area contributed by atoms with E-state index in [-0.39, 0.29) is 11.9 Å². The summed E-state index contributed by atoms with van der Waals surface area (Å²) in [4.78, 5) is 26.0. The zero-order chi connectivity index (χ0) is 17.9. The van der Waals surface area contributed by atoms with E-state index >= 15 is 0 Å². The van der Waals surface area contributed by atoms with Crippen LogP contribution in [0.5, 0.6) is 5.75 Å². The van der Waals surface area contributed by atoms with Gasteiger partial charge in [0.1, 0.15) is 11.3 Å². The summed E-state index contributed by atoms with van der Waals surface area (Å²) in [5, 5.41) is 2.83. The molecule has 1 fully saturated rings. The molecule has 24 heavy (non-hydrogen) atoms. The molecule has 1 atom stereocenters. The van der Waals surface area contributed by atoms with Crippen molar-refractivity contribution in [2.75, 3.05) is 13.2 Å². The molecule has 5 nitrogen and oxygen atoms in total. The van der Waals surface area contributed by atoms with Gasteiger partial charge in [-0.15, -0.1) is 0 Å². The maximum absolute atomic E-state index is 12.5. The van der Waals surface area contributed by atoms with E-state index in [2.05, 4.69) is 5.32 Å². The predicted octanol–water partition coefficient (Wildman–Crippen LogP) is 3.43. The molecule has 0 bridgehead atoms. The van der Waals surface area contributed by atoms with Crippen molar-refractivity contribution in [2.45, 2.75) is 53.0 Å². The van der Waals surface area contributed by atoms with E-state index < -0.39 is 5.54 Å². The number of benzene rings is 1. The summed E-state index contributed by atoms with van der Waals surface area (Å²) in [6, 6.07) is 5.78. The number of carbonyl (C=O) groups excluding carboxylic acids is 2. The fourth-order valence-corrected chi connectivity index (χ4v) is 3.17. The lowest BCUT2D eigenvalue weighted by atomic mass is 9.91. The molecular weight excluding hydrogens is 304 g/mol. The molecule has 1 aromatic carbocycles. The van der Waals surface area contributed by atoms with Gasteiger partial charge in [-0.2, -0.15) is 0 Å². The van der Waals surface area contributed by atoms with Crippen LogP contribution in [0.15, 0.2) is 18.2 Å². The fourth-order valence-electron chi connectivity index (χ4n) is 3.17. The van der Waals surface area contributed by atoms with E-state index in [9.17, 15) is 9.59 Å². The Kier molecular flexibility index (Phi) is 5.52. The molecule has 5 heteroatoms. The number of nitrogens with zero attached hydrogens (tertiary/aromatic N) is 1. The Morgan fingerprint density at radius 3 is 2.62 bits per heavy atom. The summed E-state index contributed by atoms with van der Waals surface area (Å²) in [5.41, 5.74) is 1.45. The highest BCUT2D eigenvalue weighted by molar-refractivity contribution is 6.06. The lowest BCUT2D eigenvalue weighted by Crippen LogP contribution is -2.45. The third kappa shape index (κ3) is 4.08. The zero-order valence-corrected chi connectivity index (χ0v) is 15.3.